The molecule has 1 aromatic heterocycles. The number of hydrogen-bond acceptors (Lipinski definition) is 6. The van der Waals surface area contributed by atoms with Crippen LogP contribution in [0, 0.1) is 0 Å². The fourth-order valence-corrected chi connectivity index (χ4v) is 1.90. The highest BCUT2D eigenvalue weighted by atomic mass is 16.5. The van der Waals surface area contributed by atoms with Gasteiger partial charge >= 0.3 is 5.97 Å². The summed E-state index contributed by atoms with van der Waals surface area (Å²) in [7, 11) is 2.86. The summed E-state index contributed by atoms with van der Waals surface area (Å²) in [6, 6.07) is 0. The Morgan fingerprint density at radius 2 is 2.11 bits per heavy atom. The van der Waals surface area contributed by atoms with Gasteiger partial charge in [0.1, 0.15) is 11.4 Å². The van der Waals surface area contributed by atoms with Gasteiger partial charge in [-0.25, -0.2) is 9.78 Å². The summed E-state index contributed by atoms with van der Waals surface area (Å²) >= 11 is 0. The lowest BCUT2D eigenvalue weighted by molar-refractivity contribution is -0.146. The number of ketones is 1. The zero-order chi connectivity index (χ0) is 14.0. The highest BCUT2D eigenvalue weighted by Crippen LogP contribution is 2.40. The smallest absolute Gasteiger partial charge is 0.377 e. The third-order valence-corrected chi connectivity index (χ3v) is 2.72. The Balaban J connectivity index is 2.64. The summed E-state index contributed by atoms with van der Waals surface area (Å²) in [5.74, 6) is -1.92. The standard InChI is InChI=1S/C12H12N2O5/c1-18-7-5-14-11(19-2)9-8(7)6(3-4-13-9)10(15)12(16)17/h3,5,13H,4H2,1-2H3,(H,16,17). The average molecular weight is 264 g/mol. The molecule has 2 N–H and O–H groups in total. The van der Waals surface area contributed by atoms with Crippen molar-refractivity contribution < 1.29 is 24.2 Å². The van der Waals surface area contributed by atoms with Crippen molar-refractivity contribution in [2.75, 3.05) is 26.1 Å². The number of fused-ring (bicyclic) bond motifs is 1. The van der Waals surface area contributed by atoms with Gasteiger partial charge in [0, 0.05) is 12.1 Å². The molecular formula is C12H12N2O5. The topological polar surface area (TPSA) is 97.8 Å². The molecule has 2 rings (SSSR count). The average Bonchev–Trinajstić information content (AvgIpc) is 2.44. The molecule has 0 spiro atoms. The van der Waals surface area contributed by atoms with Crippen molar-refractivity contribution in [2.24, 2.45) is 0 Å². The maximum Gasteiger partial charge on any atom is 0.377 e. The first-order chi connectivity index (χ1) is 9.10. The Labute approximate surface area is 108 Å². The fourth-order valence-electron chi connectivity index (χ4n) is 1.90. The lowest BCUT2D eigenvalue weighted by Gasteiger charge is -2.21. The van der Waals surface area contributed by atoms with E-state index < -0.39 is 11.8 Å². The van der Waals surface area contributed by atoms with Crippen LogP contribution in [0.5, 0.6) is 11.6 Å². The van der Waals surface area contributed by atoms with E-state index in [9.17, 15) is 9.59 Å². The second kappa shape index (κ2) is 4.97. The Morgan fingerprint density at radius 1 is 1.37 bits per heavy atom. The second-order valence-electron chi connectivity index (χ2n) is 3.72. The van der Waals surface area contributed by atoms with Gasteiger partial charge in [0.2, 0.25) is 5.88 Å². The number of carboxylic acid groups (broad SMARTS) is 1. The van der Waals surface area contributed by atoms with Gasteiger partial charge in [0.05, 0.1) is 26.0 Å². The van der Waals surface area contributed by atoms with Gasteiger partial charge in [-0.3, -0.25) is 4.79 Å². The minimum atomic E-state index is -1.52. The molecule has 0 saturated carbocycles. The number of anilines is 1. The van der Waals surface area contributed by atoms with Crippen molar-refractivity contribution in [1.29, 1.82) is 0 Å². The van der Waals surface area contributed by atoms with E-state index in [2.05, 4.69) is 10.3 Å². The van der Waals surface area contributed by atoms with Crippen LogP contribution in [0.3, 0.4) is 0 Å². The first kappa shape index (κ1) is 12.9. The predicted molar refractivity (Wildman–Crippen MR) is 66.5 cm³/mol. The van der Waals surface area contributed by atoms with Gasteiger partial charge in [-0.2, -0.15) is 0 Å². The largest absolute Gasteiger partial charge is 0.494 e. The zero-order valence-electron chi connectivity index (χ0n) is 10.4. The maximum absolute atomic E-state index is 11.7. The molecular weight excluding hydrogens is 252 g/mol. The summed E-state index contributed by atoms with van der Waals surface area (Å²) in [6.45, 7) is 0.312. The number of hydrogen-bond donors (Lipinski definition) is 2. The molecule has 2 heterocycles. The molecule has 1 aliphatic heterocycles. The summed E-state index contributed by atoms with van der Waals surface area (Å²) in [6.07, 6.45) is 2.88. The molecule has 1 aliphatic rings. The molecule has 19 heavy (non-hydrogen) atoms. The van der Waals surface area contributed by atoms with Gasteiger partial charge in [0.15, 0.2) is 0 Å². The summed E-state index contributed by atoms with van der Waals surface area (Å²) < 4.78 is 10.2. The summed E-state index contributed by atoms with van der Waals surface area (Å²) in [4.78, 5) is 26.6. The summed E-state index contributed by atoms with van der Waals surface area (Å²) in [5.41, 5.74) is 0.876. The quantitative estimate of drug-likeness (QED) is 0.767. The molecule has 100 valence electrons. The normalized spacial score (nSPS) is 12.8. The van der Waals surface area contributed by atoms with Crippen molar-refractivity contribution in [2.45, 2.75) is 0 Å². The highest BCUT2D eigenvalue weighted by Gasteiger charge is 2.29. The number of Topliss-reactive ketones (excluding diaryl/α,β-unsaturated/α-hetero) is 1. The minimum absolute atomic E-state index is 0.0683. The Morgan fingerprint density at radius 3 is 2.68 bits per heavy atom. The van der Waals surface area contributed by atoms with Crippen molar-refractivity contribution in [3.8, 4) is 11.6 Å². The number of carbonyl (C=O) groups excluding carboxylic acids is 1. The third kappa shape index (κ3) is 2.10. The van der Waals surface area contributed by atoms with Crippen molar-refractivity contribution in [3.63, 3.8) is 0 Å². The molecule has 0 radical (unpaired) electrons. The lowest BCUT2D eigenvalue weighted by Crippen LogP contribution is -2.20. The van der Waals surface area contributed by atoms with Crippen LogP contribution in [0.25, 0.3) is 5.57 Å². The van der Waals surface area contributed by atoms with Gasteiger partial charge < -0.3 is 19.9 Å². The molecule has 1 aromatic rings. The first-order valence-electron chi connectivity index (χ1n) is 5.43. The molecule has 0 amide bonds. The molecule has 0 aromatic carbocycles. The van der Waals surface area contributed by atoms with Crippen LogP contribution in [0.4, 0.5) is 5.69 Å². The number of rotatable bonds is 4. The van der Waals surface area contributed by atoms with Crippen LogP contribution in [-0.4, -0.2) is 42.6 Å². The Bertz CT molecular complexity index is 580. The molecule has 0 unspecified atom stereocenters. The molecule has 0 aliphatic carbocycles. The van der Waals surface area contributed by atoms with E-state index in [1.54, 1.807) is 0 Å². The molecule has 0 atom stereocenters. The molecule has 0 fully saturated rings. The van der Waals surface area contributed by atoms with Crippen LogP contribution < -0.4 is 14.8 Å². The van der Waals surface area contributed by atoms with E-state index in [0.29, 0.717) is 23.5 Å². The van der Waals surface area contributed by atoms with Gasteiger partial charge in [-0.1, -0.05) is 6.08 Å². The third-order valence-electron chi connectivity index (χ3n) is 2.72. The number of carboxylic acids is 1. The van der Waals surface area contributed by atoms with E-state index >= 15 is 0 Å². The molecule has 7 nitrogen and oxygen atoms in total. The number of ether oxygens (including phenoxy) is 2. The van der Waals surface area contributed by atoms with Gasteiger partial charge in [-0.05, 0) is 0 Å². The minimum Gasteiger partial charge on any atom is -0.494 e. The molecule has 0 bridgehead atoms. The van der Waals surface area contributed by atoms with Gasteiger partial charge in [-0.15, -0.1) is 0 Å². The van der Waals surface area contributed by atoms with Crippen LogP contribution in [0.1, 0.15) is 5.56 Å². The van der Waals surface area contributed by atoms with E-state index in [1.165, 1.54) is 26.5 Å². The van der Waals surface area contributed by atoms with E-state index in [-0.39, 0.29) is 11.5 Å². The number of methoxy groups -OCH3 is 2. The van der Waals surface area contributed by atoms with Crippen molar-refractivity contribution in [1.82, 2.24) is 4.98 Å². The van der Waals surface area contributed by atoms with Crippen LogP contribution >= 0.6 is 0 Å². The van der Waals surface area contributed by atoms with E-state index in [0.717, 1.165) is 0 Å². The Kier molecular flexibility index (Phi) is 3.37. The maximum atomic E-state index is 11.7. The van der Waals surface area contributed by atoms with Crippen molar-refractivity contribution in [3.05, 3.63) is 17.8 Å². The number of pyridine rings is 1. The fraction of sp³-hybridized carbons (Fsp3) is 0.250. The van der Waals surface area contributed by atoms with Crippen LogP contribution in [-0.2, 0) is 9.59 Å². The Hall–Kier alpha value is -2.57. The predicted octanol–water partition coefficient (Wildman–Crippen LogP) is 0.561. The van der Waals surface area contributed by atoms with E-state index in [1.807, 2.05) is 0 Å². The highest BCUT2D eigenvalue weighted by molar-refractivity contribution is 6.52. The summed E-state index contributed by atoms with van der Waals surface area (Å²) in [5, 5.41) is 11.8. The first-order valence-corrected chi connectivity index (χ1v) is 5.43. The number of aliphatic carboxylic acids is 1. The second-order valence-corrected chi connectivity index (χ2v) is 3.72. The van der Waals surface area contributed by atoms with Gasteiger partial charge in [0.25, 0.3) is 5.78 Å². The van der Waals surface area contributed by atoms with E-state index in [4.69, 9.17) is 14.6 Å². The number of aromatic nitrogens is 1. The number of nitrogens with one attached hydrogen (secondary N) is 1. The zero-order valence-corrected chi connectivity index (χ0v) is 10.4. The SMILES string of the molecule is COc1cnc(OC)c2c1C(C(=O)C(=O)O)=CCN2. The number of carbonyl (C=O) groups is 2. The lowest BCUT2D eigenvalue weighted by atomic mass is 9.97. The number of nitrogens with zero attached hydrogens (tertiary/aromatic N) is 1. The monoisotopic (exact) mass is 264 g/mol. The van der Waals surface area contributed by atoms with Crippen LogP contribution in [0.2, 0.25) is 0 Å². The van der Waals surface area contributed by atoms with Crippen molar-refractivity contribution >= 4 is 23.0 Å². The molecule has 7 heteroatoms. The molecule has 0 saturated heterocycles. The van der Waals surface area contributed by atoms with Crippen LogP contribution in [0.15, 0.2) is 12.3 Å².